The van der Waals surface area contributed by atoms with Gasteiger partial charge in [0.15, 0.2) is 0 Å². The summed E-state index contributed by atoms with van der Waals surface area (Å²) < 4.78 is 30.9. The summed E-state index contributed by atoms with van der Waals surface area (Å²) in [6, 6.07) is 8.72. The predicted molar refractivity (Wildman–Crippen MR) is 161 cm³/mol. The highest BCUT2D eigenvalue weighted by Gasteiger charge is 2.41. The monoisotopic (exact) mass is 586 g/mol. The quantitative estimate of drug-likeness (QED) is 0.355. The molecule has 1 atom stereocenters. The lowest BCUT2D eigenvalue weighted by molar-refractivity contribution is -0.121. The molecule has 2 aromatic heterocycles. The molecule has 5 rings (SSSR count). The van der Waals surface area contributed by atoms with E-state index in [-0.39, 0.29) is 5.91 Å². The van der Waals surface area contributed by atoms with Crippen molar-refractivity contribution in [2.45, 2.75) is 32.4 Å². The number of hydrogen-bond acceptors (Lipinski definition) is 8. The summed E-state index contributed by atoms with van der Waals surface area (Å²) in [7, 11) is -3.72. The van der Waals surface area contributed by atoms with Crippen LogP contribution in [0.25, 0.3) is 22.4 Å². The number of allylic oxidation sites excluding steroid dienone is 1. The number of thioether (sulfide) groups is 2. The molecule has 0 aliphatic carbocycles. The van der Waals surface area contributed by atoms with E-state index in [9.17, 15) is 13.2 Å². The molecule has 4 heterocycles. The first-order chi connectivity index (χ1) is 18.9. The van der Waals surface area contributed by atoms with Gasteiger partial charge >= 0.3 is 0 Å². The van der Waals surface area contributed by atoms with Gasteiger partial charge in [0.05, 0.1) is 11.0 Å². The molecule has 0 radical (unpaired) electrons. The molecule has 0 saturated carbocycles. The molecule has 1 saturated heterocycles. The Bertz CT molecular complexity index is 1460. The third-order valence-electron chi connectivity index (χ3n) is 7.05. The van der Waals surface area contributed by atoms with Crippen LogP contribution in [0.15, 0.2) is 53.0 Å². The number of benzene rings is 1. The molecule has 3 aromatic rings. The van der Waals surface area contributed by atoms with Crippen LogP contribution in [0.3, 0.4) is 0 Å². The molecular weight excluding hydrogens is 553 g/mol. The molecule has 1 amide bonds. The number of carbonyl (C=O) groups is 1. The Morgan fingerprint density at radius 1 is 1.21 bits per heavy atom. The third kappa shape index (κ3) is 6.04. The average molecular weight is 587 g/mol. The van der Waals surface area contributed by atoms with Crippen LogP contribution >= 0.6 is 23.5 Å². The number of aromatic nitrogens is 3. The standard InChI is InChI=1S/C27H34N6O3S3/c1-3-32-23-8-7-21(18-22(23)30-26(32)20-9-11-28-12-10-20)29-27(34)24-19-31(13-5-16-37-2)14-15-33(24)39(35,36)25-6-4-17-38-25/h6-12,18,24H,3-5,13-17,19H2,1-2H3,(H,29,34)/t24-/m0/s1. The highest BCUT2D eigenvalue weighted by Crippen LogP contribution is 2.34. The van der Waals surface area contributed by atoms with Gasteiger partial charge in [-0.3, -0.25) is 14.7 Å². The highest BCUT2D eigenvalue weighted by atomic mass is 32.3. The number of piperazine rings is 1. The minimum absolute atomic E-state index is 0.298. The van der Waals surface area contributed by atoms with Crippen LogP contribution in [0, 0.1) is 0 Å². The van der Waals surface area contributed by atoms with Gasteiger partial charge in [0.25, 0.3) is 0 Å². The average Bonchev–Trinajstić information content (AvgIpc) is 3.62. The summed E-state index contributed by atoms with van der Waals surface area (Å²) in [5.41, 5.74) is 3.30. The largest absolute Gasteiger partial charge is 0.325 e. The van der Waals surface area contributed by atoms with Gasteiger partial charge in [0.2, 0.25) is 15.9 Å². The van der Waals surface area contributed by atoms with Gasteiger partial charge in [-0.25, -0.2) is 13.4 Å². The van der Waals surface area contributed by atoms with Gasteiger partial charge in [-0.15, -0.1) is 11.8 Å². The third-order valence-corrected chi connectivity index (χ3v) is 11.4. The first-order valence-electron chi connectivity index (χ1n) is 13.2. The molecule has 1 N–H and O–H groups in total. The maximum absolute atomic E-state index is 13.7. The molecular formula is C27H34N6O3S3. The van der Waals surface area contributed by atoms with Crippen LogP contribution in [0.5, 0.6) is 0 Å². The Morgan fingerprint density at radius 3 is 2.74 bits per heavy atom. The number of rotatable bonds is 10. The fourth-order valence-electron chi connectivity index (χ4n) is 5.12. The maximum Gasteiger partial charge on any atom is 0.249 e. The zero-order chi connectivity index (χ0) is 27.4. The summed E-state index contributed by atoms with van der Waals surface area (Å²) in [6.45, 7) is 4.95. The van der Waals surface area contributed by atoms with Crippen molar-refractivity contribution in [2.24, 2.45) is 0 Å². The van der Waals surface area contributed by atoms with E-state index in [0.29, 0.717) is 29.6 Å². The van der Waals surface area contributed by atoms with E-state index < -0.39 is 16.1 Å². The summed E-state index contributed by atoms with van der Waals surface area (Å²) in [5, 5.41) is 3.01. The van der Waals surface area contributed by atoms with Gasteiger partial charge in [-0.05, 0) is 68.7 Å². The van der Waals surface area contributed by atoms with Crippen molar-refractivity contribution in [2.75, 3.05) is 49.3 Å². The second kappa shape index (κ2) is 12.4. The van der Waals surface area contributed by atoms with Crippen LogP contribution in [-0.2, 0) is 21.4 Å². The molecule has 0 spiro atoms. The van der Waals surface area contributed by atoms with Crippen LogP contribution in [-0.4, -0.2) is 88.0 Å². The second-order valence-electron chi connectivity index (χ2n) is 9.55. The first kappa shape index (κ1) is 28.2. The lowest BCUT2D eigenvalue weighted by Crippen LogP contribution is -2.59. The van der Waals surface area contributed by atoms with Crippen LogP contribution in [0.1, 0.15) is 19.8 Å². The Balaban J connectivity index is 1.40. The number of imidazole rings is 1. The van der Waals surface area contributed by atoms with Crippen LogP contribution < -0.4 is 5.32 Å². The minimum Gasteiger partial charge on any atom is -0.325 e. The fraction of sp³-hybridized carbons (Fsp3) is 0.444. The zero-order valence-electron chi connectivity index (χ0n) is 22.2. The van der Waals surface area contributed by atoms with Crippen molar-refractivity contribution in [1.82, 2.24) is 23.7 Å². The van der Waals surface area contributed by atoms with Crippen molar-refractivity contribution in [1.29, 1.82) is 0 Å². The Morgan fingerprint density at radius 2 is 2.03 bits per heavy atom. The normalized spacial score (nSPS) is 18.9. The zero-order valence-corrected chi connectivity index (χ0v) is 24.7. The number of hydrogen-bond donors (Lipinski definition) is 1. The first-order valence-corrected chi connectivity index (χ1v) is 17.0. The minimum atomic E-state index is -3.72. The van der Waals surface area contributed by atoms with Crippen molar-refractivity contribution in [3.05, 3.63) is 53.0 Å². The number of amides is 1. The smallest absolute Gasteiger partial charge is 0.249 e. The van der Waals surface area contributed by atoms with E-state index in [0.717, 1.165) is 59.9 Å². The summed E-state index contributed by atoms with van der Waals surface area (Å²) in [6.07, 6.45) is 9.08. The van der Waals surface area contributed by atoms with E-state index in [1.165, 1.54) is 16.1 Å². The van der Waals surface area contributed by atoms with Gasteiger partial charge in [0, 0.05) is 55.6 Å². The lowest BCUT2D eigenvalue weighted by atomic mass is 10.1. The molecule has 39 heavy (non-hydrogen) atoms. The van der Waals surface area contributed by atoms with Crippen molar-refractivity contribution >= 4 is 56.2 Å². The topological polar surface area (TPSA) is 100 Å². The van der Waals surface area contributed by atoms with Crippen molar-refractivity contribution < 1.29 is 13.2 Å². The lowest BCUT2D eigenvalue weighted by Gasteiger charge is -2.39. The van der Waals surface area contributed by atoms with E-state index in [4.69, 9.17) is 4.98 Å². The van der Waals surface area contributed by atoms with Crippen LogP contribution in [0.4, 0.5) is 5.69 Å². The molecule has 0 bridgehead atoms. The number of carbonyl (C=O) groups excluding carboxylic acids is 1. The number of anilines is 1. The Kier molecular flexibility index (Phi) is 8.97. The fourth-order valence-corrected chi connectivity index (χ4v) is 8.73. The molecule has 2 aliphatic rings. The number of nitrogens with one attached hydrogen (secondary N) is 1. The SMILES string of the molecule is CCn1c(-c2ccncc2)nc2cc(NC(=O)[C@@H]3CN(CCCSC)CCN3S(=O)(=O)C3=CCCS3)ccc21. The number of pyridine rings is 1. The maximum atomic E-state index is 13.7. The summed E-state index contributed by atoms with van der Waals surface area (Å²) in [4.78, 5) is 24.9. The molecule has 1 aromatic carbocycles. The molecule has 12 heteroatoms. The Labute approximate surface area is 238 Å². The number of sulfonamides is 1. The van der Waals surface area contributed by atoms with Gasteiger partial charge < -0.3 is 9.88 Å². The number of aryl methyl sites for hydroxylation is 1. The van der Waals surface area contributed by atoms with E-state index in [1.54, 1.807) is 30.2 Å². The van der Waals surface area contributed by atoms with Gasteiger partial charge in [-0.2, -0.15) is 16.1 Å². The van der Waals surface area contributed by atoms with E-state index >= 15 is 0 Å². The number of fused-ring (bicyclic) bond motifs is 1. The van der Waals surface area contributed by atoms with Crippen molar-refractivity contribution in [3.63, 3.8) is 0 Å². The van der Waals surface area contributed by atoms with Crippen LogP contribution in [0.2, 0.25) is 0 Å². The van der Waals surface area contributed by atoms with Gasteiger partial charge in [-0.1, -0.05) is 6.08 Å². The van der Waals surface area contributed by atoms with Crippen molar-refractivity contribution in [3.8, 4) is 11.4 Å². The summed E-state index contributed by atoms with van der Waals surface area (Å²) >= 11 is 3.14. The van der Waals surface area contributed by atoms with Gasteiger partial charge in [0.1, 0.15) is 16.1 Å². The molecule has 208 valence electrons. The molecule has 2 aliphatic heterocycles. The van der Waals surface area contributed by atoms with E-state index in [2.05, 4.69) is 32.9 Å². The molecule has 1 fully saturated rings. The predicted octanol–water partition coefficient (Wildman–Crippen LogP) is 4.10. The number of nitrogens with zero attached hydrogens (tertiary/aromatic N) is 5. The molecule has 0 unspecified atom stereocenters. The van der Waals surface area contributed by atoms with E-state index in [1.807, 2.05) is 30.3 Å². The Hall–Kier alpha value is -2.38. The highest BCUT2D eigenvalue weighted by molar-refractivity contribution is 8.18. The summed E-state index contributed by atoms with van der Waals surface area (Å²) in [5.74, 6) is 2.31. The second-order valence-corrected chi connectivity index (χ2v) is 13.8. The molecule has 9 nitrogen and oxygen atoms in total.